The number of benzene rings is 4. The Balaban J connectivity index is 1.66. The third-order valence-corrected chi connectivity index (χ3v) is 7.04. The normalized spacial score (nSPS) is 12.7. The number of hydrogen-bond donors (Lipinski definition) is 2. The van der Waals surface area contributed by atoms with Gasteiger partial charge in [-0.15, -0.1) is 0 Å². The molecule has 2 amide bonds. The molecule has 44 heavy (non-hydrogen) atoms. The Morgan fingerprint density at radius 1 is 0.727 bits per heavy atom. The first-order valence-electron chi connectivity index (χ1n) is 11.9. The molecule has 0 radical (unpaired) electrons. The van der Waals surface area contributed by atoms with E-state index in [0.29, 0.717) is 12.1 Å². The van der Waals surface area contributed by atoms with E-state index in [9.17, 15) is 41.2 Å². The minimum Gasteiger partial charge on any atom is -0.321 e. The van der Waals surface area contributed by atoms with Crippen molar-refractivity contribution in [3.8, 4) is 6.07 Å². The molecule has 0 aliphatic carbocycles. The summed E-state index contributed by atoms with van der Waals surface area (Å²) in [5, 5.41) is 12.6. The van der Waals surface area contributed by atoms with Gasteiger partial charge in [0.15, 0.2) is 0 Å². The minimum atomic E-state index is -5.47. The van der Waals surface area contributed by atoms with E-state index >= 15 is 4.39 Å². The number of rotatable bonds is 6. The van der Waals surface area contributed by atoms with Gasteiger partial charge in [0.05, 0.1) is 27.0 Å². The molecule has 15 heteroatoms. The number of halogens is 10. The van der Waals surface area contributed by atoms with Gasteiger partial charge < -0.3 is 10.6 Å². The standard InChI is InChI=1S/C29H13Cl3F7N3O2/c30-17-5-3-15(4-6-17)28(36,29(37,38)39)16-8-19(31)25(20(32)9-16)42-26(43)13-1-2-14(12-40)23(7-13)41-27(44)24-21(34)10-18(33)11-22(24)35/h1-11H,(H,41,44)(H,42,43). The van der Waals surface area contributed by atoms with Crippen molar-refractivity contribution in [2.45, 2.75) is 11.8 Å². The first kappa shape index (κ1) is 32.6. The third kappa shape index (κ3) is 6.31. The number of hydrogen-bond acceptors (Lipinski definition) is 3. The second-order valence-corrected chi connectivity index (χ2v) is 10.3. The molecule has 0 saturated heterocycles. The van der Waals surface area contributed by atoms with Crippen LogP contribution in [0, 0.1) is 28.8 Å². The van der Waals surface area contributed by atoms with E-state index < -0.39 is 73.5 Å². The largest absolute Gasteiger partial charge is 0.431 e. The zero-order valence-corrected chi connectivity index (χ0v) is 23.7. The lowest BCUT2D eigenvalue weighted by molar-refractivity contribution is -0.219. The summed E-state index contributed by atoms with van der Waals surface area (Å²) < 4.78 is 99.4. The molecule has 0 aromatic heterocycles. The second-order valence-electron chi connectivity index (χ2n) is 9.00. The third-order valence-electron chi connectivity index (χ3n) is 6.20. The molecule has 0 fully saturated rings. The molecular formula is C29H13Cl3F7N3O2. The van der Waals surface area contributed by atoms with E-state index in [2.05, 4.69) is 10.6 Å². The van der Waals surface area contributed by atoms with Crippen molar-refractivity contribution in [1.29, 1.82) is 5.26 Å². The van der Waals surface area contributed by atoms with E-state index in [1.807, 2.05) is 0 Å². The van der Waals surface area contributed by atoms with Crippen LogP contribution in [0.5, 0.6) is 0 Å². The number of nitrogens with zero attached hydrogens (tertiary/aromatic N) is 1. The van der Waals surface area contributed by atoms with E-state index in [0.717, 1.165) is 42.5 Å². The van der Waals surface area contributed by atoms with E-state index in [1.54, 1.807) is 6.07 Å². The fourth-order valence-corrected chi connectivity index (χ4v) is 4.79. The van der Waals surface area contributed by atoms with Gasteiger partial charge in [-0.3, -0.25) is 9.59 Å². The Labute approximate surface area is 258 Å². The van der Waals surface area contributed by atoms with Crippen LogP contribution >= 0.6 is 34.8 Å². The quantitative estimate of drug-likeness (QED) is 0.200. The number of amides is 2. The van der Waals surface area contributed by atoms with Crippen LogP contribution in [0.2, 0.25) is 15.1 Å². The van der Waals surface area contributed by atoms with Crippen molar-refractivity contribution in [2.24, 2.45) is 0 Å². The Morgan fingerprint density at radius 2 is 1.30 bits per heavy atom. The van der Waals surface area contributed by atoms with Crippen LogP contribution in [0.4, 0.5) is 42.1 Å². The molecule has 4 aromatic rings. The summed E-state index contributed by atoms with van der Waals surface area (Å²) in [6.07, 6.45) is -5.47. The molecule has 0 aliphatic heterocycles. The van der Waals surface area contributed by atoms with Gasteiger partial charge in [0.25, 0.3) is 17.5 Å². The highest BCUT2D eigenvalue weighted by Crippen LogP contribution is 2.50. The van der Waals surface area contributed by atoms with Crippen LogP contribution in [0.25, 0.3) is 0 Å². The molecule has 2 N–H and O–H groups in total. The minimum absolute atomic E-state index is 0.0627. The van der Waals surface area contributed by atoms with Crippen LogP contribution in [-0.4, -0.2) is 18.0 Å². The number of nitrogens with one attached hydrogen (secondary N) is 2. The second kappa shape index (κ2) is 12.4. The van der Waals surface area contributed by atoms with Crippen molar-refractivity contribution < 1.29 is 40.3 Å². The van der Waals surface area contributed by atoms with Crippen LogP contribution in [0.15, 0.2) is 66.7 Å². The zero-order valence-electron chi connectivity index (χ0n) is 21.4. The number of carbonyl (C=O) groups excluding carboxylic acids is 2. The average Bonchev–Trinajstić information content (AvgIpc) is 2.93. The zero-order chi connectivity index (χ0) is 32.6. The molecule has 0 heterocycles. The maximum Gasteiger partial charge on any atom is 0.431 e. The number of nitriles is 1. The van der Waals surface area contributed by atoms with Gasteiger partial charge in [0, 0.05) is 33.8 Å². The van der Waals surface area contributed by atoms with Gasteiger partial charge in [-0.1, -0.05) is 46.9 Å². The predicted octanol–water partition coefficient (Wildman–Crippen LogP) is 9.22. The average molecular weight is 675 g/mol. The van der Waals surface area contributed by atoms with Crippen molar-refractivity contribution in [3.05, 3.63) is 127 Å². The summed E-state index contributed by atoms with van der Waals surface area (Å²) in [5.41, 5.74) is -8.36. The number of alkyl halides is 4. The van der Waals surface area contributed by atoms with Gasteiger partial charge in [0.2, 0.25) is 0 Å². The predicted molar refractivity (Wildman–Crippen MR) is 149 cm³/mol. The first-order valence-corrected chi connectivity index (χ1v) is 13.0. The smallest absolute Gasteiger partial charge is 0.321 e. The van der Waals surface area contributed by atoms with Crippen LogP contribution < -0.4 is 10.6 Å². The van der Waals surface area contributed by atoms with Crippen LogP contribution in [0.1, 0.15) is 37.4 Å². The van der Waals surface area contributed by atoms with Crippen molar-refractivity contribution >= 4 is 58.0 Å². The van der Waals surface area contributed by atoms with Crippen molar-refractivity contribution in [3.63, 3.8) is 0 Å². The van der Waals surface area contributed by atoms with E-state index in [-0.39, 0.29) is 34.0 Å². The van der Waals surface area contributed by atoms with Crippen molar-refractivity contribution in [2.75, 3.05) is 10.6 Å². The summed E-state index contributed by atoms with van der Waals surface area (Å²) >= 11 is 18.0. The summed E-state index contributed by atoms with van der Waals surface area (Å²) in [7, 11) is 0. The van der Waals surface area contributed by atoms with Gasteiger partial charge in [0.1, 0.15) is 29.1 Å². The SMILES string of the molecule is N#Cc1ccc(C(=O)Nc2c(Cl)cc(C(F)(c3ccc(Cl)cc3)C(F)(F)F)cc2Cl)cc1NC(=O)c1c(F)cc(F)cc1F. The fourth-order valence-electron chi connectivity index (χ4n) is 4.08. The molecule has 0 saturated carbocycles. The lowest BCUT2D eigenvalue weighted by Gasteiger charge is -2.29. The summed E-state index contributed by atoms with van der Waals surface area (Å²) in [6.45, 7) is 0. The summed E-state index contributed by atoms with van der Waals surface area (Å²) in [5.74, 6) is -6.76. The fraction of sp³-hybridized carbons (Fsp3) is 0.0690. The van der Waals surface area contributed by atoms with Gasteiger partial charge in [-0.25, -0.2) is 17.6 Å². The molecule has 1 unspecified atom stereocenters. The monoisotopic (exact) mass is 673 g/mol. The van der Waals surface area contributed by atoms with E-state index in [1.165, 1.54) is 0 Å². The van der Waals surface area contributed by atoms with Crippen molar-refractivity contribution in [1.82, 2.24) is 0 Å². The molecule has 1 atom stereocenters. The molecule has 5 nitrogen and oxygen atoms in total. The highest BCUT2D eigenvalue weighted by atomic mass is 35.5. The molecule has 4 rings (SSSR count). The molecule has 0 bridgehead atoms. The van der Waals surface area contributed by atoms with Gasteiger partial charge in [-0.05, 0) is 42.5 Å². The Hall–Kier alpha value is -4.31. The van der Waals surface area contributed by atoms with Gasteiger partial charge in [-0.2, -0.15) is 18.4 Å². The molecule has 226 valence electrons. The topological polar surface area (TPSA) is 82.0 Å². The molecule has 0 spiro atoms. The molecular weight excluding hydrogens is 662 g/mol. The van der Waals surface area contributed by atoms with E-state index in [4.69, 9.17) is 34.8 Å². The maximum absolute atomic E-state index is 15.8. The Kier molecular flexibility index (Phi) is 9.16. The van der Waals surface area contributed by atoms with Crippen LogP contribution in [-0.2, 0) is 5.67 Å². The Bertz CT molecular complexity index is 1800. The number of anilines is 2. The maximum atomic E-state index is 15.8. The molecule has 4 aromatic carbocycles. The number of carbonyl (C=O) groups is 2. The first-order chi connectivity index (χ1) is 20.6. The summed E-state index contributed by atoms with van der Waals surface area (Å²) in [6, 6.07) is 10.4. The Morgan fingerprint density at radius 3 is 1.82 bits per heavy atom. The lowest BCUT2D eigenvalue weighted by Crippen LogP contribution is -2.39. The summed E-state index contributed by atoms with van der Waals surface area (Å²) in [4.78, 5) is 25.5. The molecule has 0 aliphatic rings. The highest BCUT2D eigenvalue weighted by molar-refractivity contribution is 6.40. The lowest BCUT2D eigenvalue weighted by atomic mass is 9.87. The van der Waals surface area contributed by atoms with Crippen LogP contribution in [0.3, 0.4) is 0 Å². The van der Waals surface area contributed by atoms with Gasteiger partial charge >= 0.3 is 6.18 Å². The highest BCUT2D eigenvalue weighted by Gasteiger charge is 2.58.